The van der Waals surface area contributed by atoms with Crippen LogP contribution < -0.4 is 10.1 Å². The zero-order valence-corrected chi connectivity index (χ0v) is 13.4. The Kier molecular flexibility index (Phi) is 5.59. The fourth-order valence-corrected chi connectivity index (χ4v) is 2.53. The topological polar surface area (TPSA) is 108 Å². The molecule has 1 aliphatic rings. The van der Waals surface area contributed by atoms with Crippen LogP contribution in [0.15, 0.2) is 18.2 Å². The Hall–Kier alpha value is -1.67. The smallest absolute Gasteiger partial charge is 0.223 e. The Bertz CT molecular complexity index is 564. The highest BCUT2D eigenvalue weighted by Gasteiger charge is 2.46. The summed E-state index contributed by atoms with van der Waals surface area (Å²) in [7, 11) is 0. The molecule has 7 nitrogen and oxygen atoms in total. The summed E-state index contributed by atoms with van der Waals surface area (Å²) in [6, 6.07) is 4.68. The number of hydrogen-bond donors (Lipinski definition) is 4. The Morgan fingerprint density at radius 3 is 2.61 bits per heavy atom. The Labute approximate surface area is 134 Å². The number of nitrogens with one attached hydrogen (secondary N) is 1. The minimum Gasteiger partial charge on any atom is -0.462 e. The Morgan fingerprint density at radius 2 is 2.00 bits per heavy atom. The first-order valence-electron chi connectivity index (χ1n) is 7.47. The van der Waals surface area contributed by atoms with Crippen LogP contribution in [0.3, 0.4) is 0 Å². The van der Waals surface area contributed by atoms with Crippen LogP contribution in [0.1, 0.15) is 18.1 Å². The number of rotatable bonds is 4. The zero-order valence-electron chi connectivity index (χ0n) is 13.4. The zero-order chi connectivity index (χ0) is 17.1. The van der Waals surface area contributed by atoms with Gasteiger partial charge in [-0.05, 0) is 31.0 Å². The van der Waals surface area contributed by atoms with Crippen molar-refractivity contribution in [2.75, 3.05) is 6.61 Å². The molecule has 1 heterocycles. The van der Waals surface area contributed by atoms with Gasteiger partial charge in [-0.3, -0.25) is 4.79 Å². The molecule has 1 aliphatic heterocycles. The maximum Gasteiger partial charge on any atom is 0.223 e. The lowest BCUT2D eigenvalue weighted by molar-refractivity contribution is -0.244. The first kappa shape index (κ1) is 17.7. The molecule has 0 bridgehead atoms. The van der Waals surface area contributed by atoms with Crippen LogP contribution in [0.4, 0.5) is 0 Å². The maximum atomic E-state index is 11.4. The van der Waals surface area contributed by atoms with E-state index in [9.17, 15) is 20.1 Å². The molecule has 0 aromatic heterocycles. The van der Waals surface area contributed by atoms with Gasteiger partial charge >= 0.3 is 0 Å². The molecule has 0 aliphatic carbocycles. The average molecular weight is 325 g/mol. The van der Waals surface area contributed by atoms with Crippen LogP contribution in [0, 0.1) is 13.8 Å². The van der Waals surface area contributed by atoms with Crippen molar-refractivity contribution in [1.29, 1.82) is 0 Å². The molecule has 7 heteroatoms. The van der Waals surface area contributed by atoms with E-state index >= 15 is 0 Å². The van der Waals surface area contributed by atoms with Crippen molar-refractivity contribution in [1.82, 2.24) is 5.32 Å². The van der Waals surface area contributed by atoms with Crippen LogP contribution >= 0.6 is 0 Å². The Morgan fingerprint density at radius 1 is 1.30 bits per heavy atom. The van der Waals surface area contributed by atoms with Gasteiger partial charge in [-0.2, -0.15) is 0 Å². The van der Waals surface area contributed by atoms with Gasteiger partial charge in [-0.1, -0.05) is 12.1 Å². The highest BCUT2D eigenvalue weighted by Crippen LogP contribution is 2.27. The van der Waals surface area contributed by atoms with Gasteiger partial charge in [0.2, 0.25) is 12.2 Å². The van der Waals surface area contributed by atoms with Crippen molar-refractivity contribution in [2.45, 2.75) is 51.4 Å². The van der Waals surface area contributed by atoms with Crippen molar-refractivity contribution < 1.29 is 29.6 Å². The molecule has 23 heavy (non-hydrogen) atoms. The fourth-order valence-electron chi connectivity index (χ4n) is 2.53. The molecule has 0 unspecified atom stereocenters. The average Bonchev–Trinajstić information content (AvgIpc) is 2.49. The minimum absolute atomic E-state index is 0.387. The predicted octanol–water partition coefficient (Wildman–Crippen LogP) is -0.374. The lowest BCUT2D eigenvalue weighted by Crippen LogP contribution is -2.65. The van der Waals surface area contributed by atoms with Crippen LogP contribution in [0.25, 0.3) is 0 Å². The monoisotopic (exact) mass is 325 g/mol. The second-order valence-electron chi connectivity index (χ2n) is 5.82. The van der Waals surface area contributed by atoms with Gasteiger partial charge in [0.15, 0.2) is 0 Å². The van der Waals surface area contributed by atoms with Gasteiger partial charge in [0.05, 0.1) is 6.61 Å². The third-order valence-electron chi connectivity index (χ3n) is 3.84. The van der Waals surface area contributed by atoms with Gasteiger partial charge in [-0.15, -0.1) is 0 Å². The number of ether oxygens (including phenoxy) is 2. The van der Waals surface area contributed by atoms with Crippen LogP contribution in [-0.2, 0) is 9.53 Å². The number of amides is 1. The first-order valence-corrected chi connectivity index (χ1v) is 7.47. The largest absolute Gasteiger partial charge is 0.462 e. The molecule has 0 radical (unpaired) electrons. The summed E-state index contributed by atoms with van der Waals surface area (Å²) in [6.07, 6.45) is -4.67. The number of aliphatic hydroxyl groups is 3. The number of aryl methyl sites for hydroxylation is 2. The quantitative estimate of drug-likeness (QED) is 0.601. The van der Waals surface area contributed by atoms with E-state index in [4.69, 9.17) is 9.47 Å². The molecule has 128 valence electrons. The highest BCUT2D eigenvalue weighted by atomic mass is 16.7. The van der Waals surface area contributed by atoms with E-state index < -0.39 is 37.3 Å². The van der Waals surface area contributed by atoms with Crippen molar-refractivity contribution >= 4 is 5.91 Å². The molecular formula is C16H23NO6. The van der Waals surface area contributed by atoms with Gasteiger partial charge in [0.1, 0.15) is 30.1 Å². The molecule has 1 aromatic carbocycles. The van der Waals surface area contributed by atoms with E-state index in [-0.39, 0.29) is 5.91 Å². The van der Waals surface area contributed by atoms with E-state index in [0.717, 1.165) is 11.1 Å². The second-order valence-corrected chi connectivity index (χ2v) is 5.82. The summed E-state index contributed by atoms with van der Waals surface area (Å²) in [5.74, 6) is 0.160. The normalized spacial score (nSPS) is 30.8. The number of hydrogen-bond acceptors (Lipinski definition) is 6. The molecule has 5 atom stereocenters. The van der Waals surface area contributed by atoms with Crippen molar-refractivity contribution in [2.24, 2.45) is 0 Å². The van der Waals surface area contributed by atoms with E-state index in [1.807, 2.05) is 32.0 Å². The summed E-state index contributed by atoms with van der Waals surface area (Å²) in [5.41, 5.74) is 1.85. The Balaban J connectivity index is 2.27. The molecule has 0 spiro atoms. The number of benzene rings is 1. The first-order chi connectivity index (χ1) is 10.8. The molecule has 4 N–H and O–H groups in total. The summed E-state index contributed by atoms with van der Waals surface area (Å²) < 4.78 is 11.3. The van der Waals surface area contributed by atoms with Crippen molar-refractivity contribution in [3.05, 3.63) is 29.3 Å². The van der Waals surface area contributed by atoms with E-state index in [2.05, 4.69) is 5.32 Å². The molecule has 1 aromatic rings. The lowest BCUT2D eigenvalue weighted by atomic mass is 9.97. The summed E-state index contributed by atoms with van der Waals surface area (Å²) >= 11 is 0. The summed E-state index contributed by atoms with van der Waals surface area (Å²) in [4.78, 5) is 11.4. The number of aliphatic hydroxyl groups excluding tert-OH is 3. The van der Waals surface area contributed by atoms with Crippen molar-refractivity contribution in [3.8, 4) is 5.75 Å². The summed E-state index contributed by atoms with van der Waals surface area (Å²) in [5, 5.41) is 32.0. The molecule has 1 saturated heterocycles. The van der Waals surface area contributed by atoms with E-state index in [0.29, 0.717) is 5.75 Å². The number of carbonyl (C=O) groups excluding carboxylic acids is 1. The van der Waals surface area contributed by atoms with Gasteiger partial charge in [0, 0.05) is 6.92 Å². The number of carbonyl (C=O) groups is 1. The third kappa shape index (κ3) is 4.00. The standard InChI is InChI=1S/C16H23NO6/c1-8-4-5-9(2)11(6-8)22-16-13(17-10(3)19)15(21)14(20)12(7-18)23-16/h4-6,12-16,18,20-21H,7H2,1-3H3,(H,17,19)/t12-,13-,14-,15-,16+/m1/s1. The predicted molar refractivity (Wildman–Crippen MR) is 81.9 cm³/mol. The fraction of sp³-hybridized carbons (Fsp3) is 0.562. The lowest BCUT2D eigenvalue weighted by Gasteiger charge is -2.42. The molecular weight excluding hydrogens is 302 g/mol. The molecule has 1 fully saturated rings. The minimum atomic E-state index is -1.32. The molecule has 1 amide bonds. The van der Waals surface area contributed by atoms with Gasteiger partial charge in [0.25, 0.3) is 0 Å². The third-order valence-corrected chi connectivity index (χ3v) is 3.84. The van der Waals surface area contributed by atoms with Crippen LogP contribution in [0.5, 0.6) is 5.75 Å². The van der Waals surface area contributed by atoms with E-state index in [1.165, 1.54) is 6.92 Å². The second kappa shape index (κ2) is 7.27. The summed E-state index contributed by atoms with van der Waals surface area (Å²) in [6.45, 7) is 4.60. The van der Waals surface area contributed by atoms with E-state index in [1.54, 1.807) is 0 Å². The highest BCUT2D eigenvalue weighted by molar-refractivity contribution is 5.73. The van der Waals surface area contributed by atoms with Gasteiger partial charge in [-0.25, -0.2) is 0 Å². The maximum absolute atomic E-state index is 11.4. The van der Waals surface area contributed by atoms with Crippen LogP contribution in [0.2, 0.25) is 0 Å². The molecule has 2 rings (SSSR count). The van der Waals surface area contributed by atoms with Crippen LogP contribution in [-0.4, -0.2) is 58.5 Å². The van der Waals surface area contributed by atoms with Crippen molar-refractivity contribution in [3.63, 3.8) is 0 Å². The SMILES string of the molecule is CC(=O)N[C@H]1[C@@H](Oc2cc(C)ccc2C)O[C@H](CO)[C@@H](O)[C@@H]1O. The molecule has 0 saturated carbocycles. The van der Waals surface area contributed by atoms with Gasteiger partial charge < -0.3 is 30.1 Å².